The summed E-state index contributed by atoms with van der Waals surface area (Å²) in [5.41, 5.74) is 0.175. The molecule has 0 aromatic carbocycles. The Kier molecular flexibility index (Phi) is 3.04. The average molecular weight is 166 g/mol. The Morgan fingerprint density at radius 2 is 2.33 bits per heavy atom. The summed E-state index contributed by atoms with van der Waals surface area (Å²) in [6, 6.07) is 0. The Morgan fingerprint density at radius 1 is 1.56 bits per heavy atom. The molecule has 1 aliphatic rings. The molecule has 1 aliphatic heterocycles. The van der Waals surface area contributed by atoms with Gasteiger partial charge in [-0.15, -0.1) is 0 Å². The second-order valence-electron chi connectivity index (χ2n) is 1.87. The van der Waals surface area contributed by atoms with Crippen LogP contribution < -0.4 is 0 Å². The van der Waals surface area contributed by atoms with Crippen molar-refractivity contribution in [1.29, 1.82) is 0 Å². The van der Waals surface area contributed by atoms with E-state index in [4.69, 9.17) is 20.7 Å². The van der Waals surface area contributed by atoms with Crippen molar-refractivity contribution in [2.75, 3.05) is 26.1 Å². The van der Waals surface area contributed by atoms with Gasteiger partial charge >= 0.3 is 0 Å². The molecule has 0 spiro atoms. The van der Waals surface area contributed by atoms with Gasteiger partial charge < -0.3 is 9.47 Å². The molecular formula is C5H10O2S2. The van der Waals surface area contributed by atoms with Crippen LogP contribution in [0.15, 0.2) is 0 Å². The molecule has 0 amide bonds. The number of rotatable bonds is 1. The summed E-state index contributed by atoms with van der Waals surface area (Å²) in [5, 5.41) is 0. The number of hydrogen-bond acceptors (Lipinski definition) is 3. The van der Waals surface area contributed by atoms with Crippen LogP contribution in [0.25, 0.3) is 0 Å². The lowest BCUT2D eigenvalue weighted by Gasteiger charge is -2.22. The minimum absolute atomic E-state index is 0.0659. The van der Waals surface area contributed by atoms with E-state index in [1.54, 1.807) is 0 Å². The SMILES string of the molecule is C[S@](=S)[C@H]1COCCO1. The number of hydrogen-bond donors (Lipinski definition) is 0. The molecule has 4 heteroatoms. The highest BCUT2D eigenvalue weighted by Gasteiger charge is 2.14. The number of ether oxygens (including phenoxy) is 2. The molecule has 0 aromatic heterocycles. The van der Waals surface area contributed by atoms with Crippen molar-refractivity contribution in [3.05, 3.63) is 0 Å². The molecule has 0 aliphatic carbocycles. The second-order valence-corrected chi connectivity index (χ2v) is 4.97. The summed E-state index contributed by atoms with van der Waals surface area (Å²) in [6.45, 7) is 2.12. The maximum atomic E-state index is 5.32. The minimum atomic E-state index is -0.0659. The van der Waals surface area contributed by atoms with E-state index < -0.39 is 0 Å². The Hall–Kier alpha value is 0.490. The third kappa shape index (κ3) is 2.29. The lowest BCUT2D eigenvalue weighted by molar-refractivity contribution is -0.0503. The molecular weight excluding hydrogens is 156 g/mol. The zero-order chi connectivity index (χ0) is 6.69. The average Bonchev–Trinajstić information content (AvgIpc) is 1.90. The van der Waals surface area contributed by atoms with Crippen LogP contribution >= 0.6 is 0 Å². The van der Waals surface area contributed by atoms with Gasteiger partial charge in [0.15, 0.2) is 0 Å². The summed E-state index contributed by atoms with van der Waals surface area (Å²) in [4.78, 5) is 0. The minimum Gasteiger partial charge on any atom is -0.375 e. The fourth-order valence-electron chi connectivity index (χ4n) is 0.658. The van der Waals surface area contributed by atoms with Crippen LogP contribution in [0.3, 0.4) is 0 Å². The smallest absolute Gasteiger partial charge is 0.130 e. The summed E-state index contributed by atoms with van der Waals surface area (Å²) >= 11 is 5.02. The zero-order valence-electron chi connectivity index (χ0n) is 5.33. The lowest BCUT2D eigenvalue weighted by atomic mass is 10.6. The maximum Gasteiger partial charge on any atom is 0.130 e. The first-order valence-electron chi connectivity index (χ1n) is 2.82. The van der Waals surface area contributed by atoms with E-state index in [9.17, 15) is 0 Å². The summed E-state index contributed by atoms with van der Waals surface area (Å²) in [7, 11) is -0.0659. The van der Waals surface area contributed by atoms with Gasteiger partial charge in [0.25, 0.3) is 0 Å². The van der Waals surface area contributed by atoms with Crippen LogP contribution in [0.5, 0.6) is 0 Å². The first-order chi connectivity index (χ1) is 4.30. The molecule has 54 valence electrons. The Bertz CT molecular complexity index is 110. The third-order valence-corrected chi connectivity index (χ3v) is 2.81. The monoisotopic (exact) mass is 166 g/mol. The van der Waals surface area contributed by atoms with E-state index in [0.717, 1.165) is 6.61 Å². The fourth-order valence-corrected chi connectivity index (χ4v) is 1.57. The van der Waals surface area contributed by atoms with E-state index in [0.29, 0.717) is 13.2 Å². The standard InChI is InChI=1S/C5H10O2S2/c1-9(8)5-4-6-2-3-7-5/h5H,2-4H2,1H3/t5-,9-/m0/s1. The van der Waals surface area contributed by atoms with E-state index in [1.165, 1.54) is 0 Å². The van der Waals surface area contributed by atoms with Crippen LogP contribution in [-0.2, 0) is 30.1 Å². The van der Waals surface area contributed by atoms with E-state index in [2.05, 4.69) is 0 Å². The van der Waals surface area contributed by atoms with Crippen molar-refractivity contribution in [2.45, 2.75) is 5.44 Å². The van der Waals surface area contributed by atoms with E-state index in [1.807, 2.05) is 6.26 Å². The van der Waals surface area contributed by atoms with Crippen LogP contribution in [0.1, 0.15) is 0 Å². The molecule has 1 fully saturated rings. The van der Waals surface area contributed by atoms with Gasteiger partial charge in [0.05, 0.1) is 19.8 Å². The van der Waals surface area contributed by atoms with Gasteiger partial charge in [-0.3, -0.25) is 0 Å². The molecule has 0 unspecified atom stereocenters. The molecule has 2 nitrogen and oxygen atoms in total. The van der Waals surface area contributed by atoms with Gasteiger partial charge in [0, 0.05) is 0 Å². The fraction of sp³-hybridized carbons (Fsp3) is 1.00. The van der Waals surface area contributed by atoms with Gasteiger partial charge in [0.1, 0.15) is 5.44 Å². The van der Waals surface area contributed by atoms with Crippen LogP contribution in [-0.4, -0.2) is 31.5 Å². The van der Waals surface area contributed by atoms with Crippen molar-refractivity contribution in [3.63, 3.8) is 0 Å². The highest BCUT2D eigenvalue weighted by atomic mass is 32.8. The summed E-state index contributed by atoms with van der Waals surface area (Å²) in [5.74, 6) is 0. The van der Waals surface area contributed by atoms with Crippen molar-refractivity contribution in [2.24, 2.45) is 0 Å². The molecule has 0 N–H and O–H groups in total. The van der Waals surface area contributed by atoms with Gasteiger partial charge in [-0.25, -0.2) is 0 Å². The molecule has 1 heterocycles. The molecule has 9 heavy (non-hydrogen) atoms. The molecule has 0 bridgehead atoms. The summed E-state index contributed by atoms with van der Waals surface area (Å²) in [6.07, 6.45) is 1.99. The normalized spacial score (nSPS) is 31.9. The predicted molar refractivity (Wildman–Crippen MR) is 41.2 cm³/mol. The van der Waals surface area contributed by atoms with Gasteiger partial charge in [-0.1, -0.05) is 9.45 Å². The quantitative estimate of drug-likeness (QED) is 0.549. The van der Waals surface area contributed by atoms with Crippen molar-refractivity contribution < 1.29 is 9.47 Å². The Labute approximate surface area is 62.1 Å². The largest absolute Gasteiger partial charge is 0.375 e. The van der Waals surface area contributed by atoms with E-state index >= 15 is 0 Å². The van der Waals surface area contributed by atoms with Gasteiger partial charge in [-0.2, -0.15) is 0 Å². The molecule has 2 atom stereocenters. The predicted octanol–water partition coefficient (Wildman–Crippen LogP) is 0.0693. The second kappa shape index (κ2) is 3.61. The highest BCUT2D eigenvalue weighted by molar-refractivity contribution is 8.28. The molecule has 1 saturated heterocycles. The van der Waals surface area contributed by atoms with Crippen LogP contribution in [0, 0.1) is 0 Å². The lowest BCUT2D eigenvalue weighted by Crippen LogP contribution is -2.31. The molecule has 0 radical (unpaired) electrons. The topological polar surface area (TPSA) is 18.5 Å². The van der Waals surface area contributed by atoms with Gasteiger partial charge in [-0.05, 0) is 17.4 Å². The van der Waals surface area contributed by atoms with Crippen LogP contribution in [0.2, 0.25) is 0 Å². The van der Waals surface area contributed by atoms with Crippen molar-refractivity contribution in [3.8, 4) is 0 Å². The highest BCUT2D eigenvalue weighted by Crippen LogP contribution is 2.03. The molecule has 1 rings (SSSR count). The van der Waals surface area contributed by atoms with Crippen molar-refractivity contribution >= 4 is 20.6 Å². The Balaban J connectivity index is 2.31. The zero-order valence-corrected chi connectivity index (χ0v) is 6.96. The van der Waals surface area contributed by atoms with Gasteiger partial charge in [0.2, 0.25) is 0 Å². The Morgan fingerprint density at radius 3 is 2.67 bits per heavy atom. The maximum absolute atomic E-state index is 5.32. The van der Waals surface area contributed by atoms with Crippen LogP contribution in [0.4, 0.5) is 0 Å². The molecule has 0 aromatic rings. The third-order valence-electron chi connectivity index (χ3n) is 1.16. The van der Waals surface area contributed by atoms with E-state index in [-0.39, 0.29) is 14.9 Å². The first-order valence-corrected chi connectivity index (χ1v) is 5.44. The summed E-state index contributed by atoms with van der Waals surface area (Å²) < 4.78 is 10.5. The first kappa shape index (κ1) is 7.60. The molecule has 0 saturated carbocycles. The van der Waals surface area contributed by atoms with Crippen molar-refractivity contribution in [1.82, 2.24) is 0 Å².